The van der Waals surface area contributed by atoms with Gasteiger partial charge in [-0.25, -0.2) is 0 Å². The molecule has 0 aliphatic heterocycles. The molecule has 0 atom stereocenters. The van der Waals surface area contributed by atoms with Crippen LogP contribution in [0.3, 0.4) is 0 Å². The Morgan fingerprint density at radius 2 is 2.12 bits per heavy atom. The maximum Gasteiger partial charge on any atom is 0.309 e. The molecule has 2 nitrogen and oxygen atoms in total. The summed E-state index contributed by atoms with van der Waals surface area (Å²) in [5, 5.41) is 2.24. The van der Waals surface area contributed by atoms with Crippen LogP contribution < -0.4 is 0 Å². The smallest absolute Gasteiger partial charge is 0.309 e. The number of hydrogen-bond donors (Lipinski definition) is 0. The van der Waals surface area contributed by atoms with E-state index in [0.29, 0.717) is 12.3 Å². The maximum atomic E-state index is 11.2. The Morgan fingerprint density at radius 1 is 1.29 bits per heavy atom. The van der Waals surface area contributed by atoms with Crippen LogP contribution in [0.2, 0.25) is 0 Å². The van der Waals surface area contributed by atoms with Gasteiger partial charge >= 0.3 is 5.97 Å². The first-order valence-corrected chi connectivity index (χ1v) is 5.91. The predicted molar refractivity (Wildman–Crippen MR) is 69.2 cm³/mol. The number of carbonyl (C=O) groups is 1. The van der Waals surface area contributed by atoms with Crippen LogP contribution >= 0.6 is 11.6 Å². The van der Waals surface area contributed by atoms with E-state index >= 15 is 0 Å². The Hall–Kier alpha value is -1.54. The van der Waals surface area contributed by atoms with E-state index in [2.05, 4.69) is 4.74 Å². The number of benzene rings is 2. The van der Waals surface area contributed by atoms with E-state index in [1.807, 2.05) is 36.4 Å². The summed E-state index contributed by atoms with van der Waals surface area (Å²) in [7, 11) is 1.40. The molecule has 0 aromatic heterocycles. The van der Waals surface area contributed by atoms with E-state index in [4.69, 9.17) is 11.6 Å². The summed E-state index contributed by atoms with van der Waals surface area (Å²) < 4.78 is 4.66. The number of rotatable bonds is 3. The van der Waals surface area contributed by atoms with Crippen LogP contribution in [0.1, 0.15) is 11.1 Å². The van der Waals surface area contributed by atoms with Gasteiger partial charge < -0.3 is 4.74 Å². The van der Waals surface area contributed by atoms with E-state index in [-0.39, 0.29) is 5.97 Å². The fraction of sp³-hybridized carbons (Fsp3) is 0.214. The number of fused-ring (bicyclic) bond motifs is 1. The van der Waals surface area contributed by atoms with Gasteiger partial charge in [-0.2, -0.15) is 0 Å². The predicted octanol–water partition coefficient (Wildman–Crippen LogP) is 3.29. The van der Waals surface area contributed by atoms with Crippen molar-refractivity contribution in [2.75, 3.05) is 7.11 Å². The molecule has 2 aromatic rings. The summed E-state index contributed by atoms with van der Waals surface area (Å²) in [6.07, 6.45) is 0.295. The number of carbonyl (C=O) groups excluding carboxylic acids is 1. The highest BCUT2D eigenvalue weighted by molar-refractivity contribution is 6.18. The normalized spacial score (nSPS) is 10.5. The first-order valence-electron chi connectivity index (χ1n) is 5.38. The van der Waals surface area contributed by atoms with Gasteiger partial charge in [0.15, 0.2) is 0 Å². The number of ether oxygens (including phenoxy) is 1. The van der Waals surface area contributed by atoms with Crippen molar-refractivity contribution in [2.24, 2.45) is 0 Å². The molecule has 88 valence electrons. The van der Waals surface area contributed by atoms with Crippen molar-refractivity contribution in [3.63, 3.8) is 0 Å². The molecule has 0 saturated heterocycles. The molecular formula is C14H13ClO2. The first kappa shape index (κ1) is 11.9. The zero-order chi connectivity index (χ0) is 12.3. The largest absolute Gasteiger partial charge is 0.469 e. The molecule has 0 N–H and O–H groups in total. The Morgan fingerprint density at radius 3 is 2.82 bits per heavy atom. The molecule has 0 saturated carbocycles. The fourth-order valence-electron chi connectivity index (χ4n) is 1.85. The van der Waals surface area contributed by atoms with E-state index in [0.717, 1.165) is 21.9 Å². The Kier molecular flexibility index (Phi) is 3.64. The van der Waals surface area contributed by atoms with E-state index in [1.165, 1.54) is 7.11 Å². The molecule has 0 spiro atoms. The molecule has 0 unspecified atom stereocenters. The van der Waals surface area contributed by atoms with Gasteiger partial charge in [-0.3, -0.25) is 4.79 Å². The van der Waals surface area contributed by atoms with Crippen molar-refractivity contribution in [3.05, 3.63) is 47.5 Å². The van der Waals surface area contributed by atoms with Crippen molar-refractivity contribution < 1.29 is 9.53 Å². The summed E-state index contributed by atoms with van der Waals surface area (Å²) in [5.74, 6) is 0.242. The SMILES string of the molecule is COC(=O)Cc1ccc2cccc(CCl)c2c1. The third-order valence-electron chi connectivity index (χ3n) is 2.76. The summed E-state index contributed by atoms with van der Waals surface area (Å²) in [4.78, 5) is 11.2. The Labute approximate surface area is 105 Å². The van der Waals surface area contributed by atoms with Gasteiger partial charge in [0.25, 0.3) is 0 Å². The highest BCUT2D eigenvalue weighted by atomic mass is 35.5. The molecule has 0 heterocycles. The van der Waals surface area contributed by atoms with Crippen molar-refractivity contribution >= 4 is 28.3 Å². The van der Waals surface area contributed by atoms with Gasteiger partial charge in [0.2, 0.25) is 0 Å². The highest BCUT2D eigenvalue weighted by Crippen LogP contribution is 2.22. The zero-order valence-electron chi connectivity index (χ0n) is 9.57. The zero-order valence-corrected chi connectivity index (χ0v) is 10.3. The first-order chi connectivity index (χ1) is 8.24. The monoisotopic (exact) mass is 248 g/mol. The molecule has 0 aliphatic rings. The molecular weight excluding hydrogens is 236 g/mol. The fourth-order valence-corrected chi connectivity index (χ4v) is 2.08. The average molecular weight is 249 g/mol. The summed E-state index contributed by atoms with van der Waals surface area (Å²) in [6, 6.07) is 12.0. The van der Waals surface area contributed by atoms with Crippen LogP contribution in [-0.2, 0) is 21.8 Å². The minimum absolute atomic E-state index is 0.229. The molecule has 0 aliphatic carbocycles. The molecule has 0 amide bonds. The van der Waals surface area contributed by atoms with Gasteiger partial charge in [-0.15, -0.1) is 11.6 Å². The van der Waals surface area contributed by atoms with E-state index < -0.39 is 0 Å². The summed E-state index contributed by atoms with van der Waals surface area (Å²) in [5.41, 5.74) is 2.03. The minimum Gasteiger partial charge on any atom is -0.469 e. The minimum atomic E-state index is -0.229. The molecule has 2 aromatic carbocycles. The molecule has 2 rings (SSSR count). The molecule has 0 bridgehead atoms. The third-order valence-corrected chi connectivity index (χ3v) is 3.04. The Balaban J connectivity index is 2.44. The topological polar surface area (TPSA) is 26.3 Å². The van der Waals surface area contributed by atoms with Crippen LogP contribution in [-0.4, -0.2) is 13.1 Å². The van der Waals surface area contributed by atoms with Gasteiger partial charge in [0.1, 0.15) is 0 Å². The molecule has 0 fully saturated rings. The number of esters is 1. The summed E-state index contributed by atoms with van der Waals surface area (Å²) in [6.45, 7) is 0. The second-order valence-electron chi connectivity index (χ2n) is 3.86. The van der Waals surface area contributed by atoms with Gasteiger partial charge in [0, 0.05) is 5.88 Å². The molecule has 17 heavy (non-hydrogen) atoms. The third kappa shape index (κ3) is 2.59. The molecule has 0 radical (unpaired) electrons. The lowest BCUT2D eigenvalue weighted by atomic mass is 10.0. The molecule has 3 heteroatoms. The van der Waals surface area contributed by atoms with E-state index in [1.54, 1.807) is 0 Å². The van der Waals surface area contributed by atoms with Crippen molar-refractivity contribution in [2.45, 2.75) is 12.3 Å². The second kappa shape index (κ2) is 5.19. The van der Waals surface area contributed by atoms with Crippen LogP contribution in [0.5, 0.6) is 0 Å². The lowest BCUT2D eigenvalue weighted by molar-refractivity contribution is -0.139. The van der Waals surface area contributed by atoms with Crippen LogP contribution in [0.25, 0.3) is 10.8 Å². The van der Waals surface area contributed by atoms with E-state index in [9.17, 15) is 4.79 Å². The van der Waals surface area contributed by atoms with Gasteiger partial charge in [-0.1, -0.05) is 36.4 Å². The van der Waals surface area contributed by atoms with Crippen LogP contribution in [0, 0.1) is 0 Å². The standard InChI is InChI=1S/C14H13ClO2/c1-17-14(16)8-10-5-6-11-3-2-4-12(9-15)13(11)7-10/h2-7H,8-9H2,1H3. The lowest BCUT2D eigenvalue weighted by Crippen LogP contribution is -2.04. The summed E-state index contributed by atoms with van der Waals surface area (Å²) >= 11 is 5.90. The highest BCUT2D eigenvalue weighted by Gasteiger charge is 2.05. The van der Waals surface area contributed by atoms with Crippen molar-refractivity contribution in [1.29, 1.82) is 0 Å². The lowest BCUT2D eigenvalue weighted by Gasteiger charge is -2.06. The second-order valence-corrected chi connectivity index (χ2v) is 4.13. The van der Waals surface area contributed by atoms with Crippen molar-refractivity contribution in [3.8, 4) is 0 Å². The maximum absolute atomic E-state index is 11.2. The van der Waals surface area contributed by atoms with Crippen LogP contribution in [0.15, 0.2) is 36.4 Å². The number of halogens is 1. The number of methoxy groups -OCH3 is 1. The van der Waals surface area contributed by atoms with Gasteiger partial charge in [-0.05, 0) is 21.9 Å². The van der Waals surface area contributed by atoms with Crippen molar-refractivity contribution in [1.82, 2.24) is 0 Å². The van der Waals surface area contributed by atoms with Crippen LogP contribution in [0.4, 0.5) is 0 Å². The number of hydrogen-bond acceptors (Lipinski definition) is 2. The average Bonchev–Trinajstić information content (AvgIpc) is 2.37. The quantitative estimate of drug-likeness (QED) is 0.615. The van der Waals surface area contributed by atoms with Gasteiger partial charge in [0.05, 0.1) is 13.5 Å². The number of alkyl halides is 1. The Bertz CT molecular complexity index is 549.